The maximum Gasteiger partial charge on any atom is 0.573 e. The number of nitrogens with zero attached hydrogens (tertiary/aromatic N) is 4. The number of amides is 1. The number of nitrogens with two attached hydrogens (primary N) is 1. The van der Waals surface area contributed by atoms with E-state index >= 15 is 0 Å². The Morgan fingerprint density at radius 1 is 1.02 bits per heavy atom. The monoisotopic (exact) mass is 627 g/mol. The summed E-state index contributed by atoms with van der Waals surface area (Å²) in [7, 11) is 0. The van der Waals surface area contributed by atoms with Gasteiger partial charge < -0.3 is 24.9 Å². The topological polar surface area (TPSA) is 128 Å². The van der Waals surface area contributed by atoms with Gasteiger partial charge in [0.15, 0.2) is 5.69 Å². The number of anilines is 1. The van der Waals surface area contributed by atoms with E-state index in [0.29, 0.717) is 6.07 Å². The lowest BCUT2D eigenvalue weighted by Crippen LogP contribution is -2.42. The van der Waals surface area contributed by atoms with Gasteiger partial charge in [-0.05, 0) is 55.5 Å². The van der Waals surface area contributed by atoms with Crippen LogP contribution in [-0.2, 0) is 18.3 Å². The second-order valence-electron chi connectivity index (χ2n) is 9.76. The summed E-state index contributed by atoms with van der Waals surface area (Å²) in [4.78, 5) is 18.2. The standard InChI is InChI=1S/C25H22F9N5O4/c1-12-9-14(43-25(32,33)34)6-5-13(12)11-39-8-4-2-3-7-22(41,24(29,30)31)21-38-37-19(42-21)18-16(35)10-15(23(26,27)28)17(36-18)20(39)40/h5-6,9-10,41H,2-4,7-8,11,35H2,1H3/t22-/m1/s1. The van der Waals surface area contributed by atoms with Crippen LogP contribution in [0.15, 0.2) is 28.7 Å². The van der Waals surface area contributed by atoms with Crippen LogP contribution in [0.3, 0.4) is 0 Å². The summed E-state index contributed by atoms with van der Waals surface area (Å²) in [5.41, 5.74) is -1.69. The molecular weight excluding hydrogens is 605 g/mol. The Morgan fingerprint density at radius 3 is 2.33 bits per heavy atom. The number of carbonyl (C=O) groups is 1. The SMILES string of the molecule is Cc1cc(OC(F)(F)F)ccc1CN1CCCCC[C@](O)(C(F)(F)F)c2nnc(o2)-c2nc(c(C(F)(F)F)cc2N)C1=O. The quantitative estimate of drug-likeness (QED) is 0.344. The van der Waals surface area contributed by atoms with Crippen LogP contribution in [0.2, 0.25) is 0 Å². The van der Waals surface area contributed by atoms with Gasteiger partial charge in [-0.25, -0.2) is 4.98 Å². The van der Waals surface area contributed by atoms with Crippen LogP contribution >= 0.6 is 0 Å². The molecule has 0 fully saturated rings. The number of fused-ring (bicyclic) bond motifs is 5. The highest BCUT2D eigenvalue weighted by molar-refractivity contribution is 5.95. The van der Waals surface area contributed by atoms with Crippen molar-refractivity contribution in [3.8, 4) is 17.3 Å². The third kappa shape index (κ3) is 6.78. The van der Waals surface area contributed by atoms with Crippen molar-refractivity contribution < 1.29 is 58.6 Å². The molecule has 1 aromatic carbocycles. The molecule has 2 aromatic heterocycles. The minimum absolute atomic E-state index is 0.0347. The molecule has 1 aliphatic heterocycles. The van der Waals surface area contributed by atoms with E-state index in [1.807, 2.05) is 0 Å². The molecule has 1 amide bonds. The highest BCUT2D eigenvalue weighted by Crippen LogP contribution is 2.44. The zero-order valence-electron chi connectivity index (χ0n) is 22.0. The summed E-state index contributed by atoms with van der Waals surface area (Å²) in [5.74, 6) is -3.98. The molecule has 0 aliphatic carbocycles. The van der Waals surface area contributed by atoms with Gasteiger partial charge >= 0.3 is 18.7 Å². The Hall–Kier alpha value is -4.09. The number of hydrogen-bond donors (Lipinski definition) is 2. The first kappa shape index (κ1) is 31.8. The zero-order chi connectivity index (χ0) is 32.0. The lowest BCUT2D eigenvalue weighted by Gasteiger charge is -2.28. The van der Waals surface area contributed by atoms with Crippen LogP contribution in [0, 0.1) is 6.92 Å². The molecule has 9 nitrogen and oxygen atoms in total. The van der Waals surface area contributed by atoms with Crippen LogP contribution in [0.25, 0.3) is 11.6 Å². The minimum atomic E-state index is -5.28. The maximum atomic E-state index is 14.0. The summed E-state index contributed by atoms with van der Waals surface area (Å²) >= 11 is 0. The van der Waals surface area contributed by atoms with Crippen molar-refractivity contribution in [1.29, 1.82) is 0 Å². The minimum Gasteiger partial charge on any atom is -0.416 e. The molecule has 0 unspecified atom stereocenters. The first-order valence-corrected chi connectivity index (χ1v) is 12.5. The van der Waals surface area contributed by atoms with Crippen LogP contribution in [0.5, 0.6) is 5.75 Å². The van der Waals surface area contributed by atoms with Gasteiger partial charge in [0.25, 0.3) is 17.7 Å². The van der Waals surface area contributed by atoms with Crippen LogP contribution in [0.1, 0.15) is 58.8 Å². The molecule has 3 heterocycles. The molecule has 4 bridgehead atoms. The second kappa shape index (κ2) is 11.2. The number of carbonyl (C=O) groups excluding carboxylic acids is 1. The van der Waals surface area contributed by atoms with Crippen LogP contribution in [-0.4, -0.2) is 50.2 Å². The number of aliphatic hydroxyl groups is 1. The number of rotatable bonds is 3. The molecule has 0 saturated carbocycles. The van der Waals surface area contributed by atoms with Gasteiger partial charge in [-0.15, -0.1) is 23.4 Å². The normalized spacial score (nSPS) is 18.9. The van der Waals surface area contributed by atoms with E-state index in [9.17, 15) is 49.4 Å². The van der Waals surface area contributed by atoms with Gasteiger partial charge in [0.2, 0.25) is 5.60 Å². The number of halogens is 9. The Bertz CT molecular complexity index is 1500. The van der Waals surface area contributed by atoms with Crippen molar-refractivity contribution >= 4 is 11.6 Å². The largest absolute Gasteiger partial charge is 0.573 e. The van der Waals surface area contributed by atoms with Gasteiger partial charge in [0, 0.05) is 13.1 Å². The molecule has 18 heteroatoms. The van der Waals surface area contributed by atoms with E-state index < -0.39 is 83.4 Å². The highest BCUT2D eigenvalue weighted by Gasteiger charge is 2.58. The molecule has 0 saturated heterocycles. The molecule has 234 valence electrons. The number of aryl methyl sites for hydroxylation is 1. The summed E-state index contributed by atoms with van der Waals surface area (Å²) in [6.07, 6.45) is -16.7. The average Bonchev–Trinajstić information content (AvgIpc) is 3.36. The lowest BCUT2D eigenvalue weighted by molar-refractivity contribution is -0.277. The molecule has 0 spiro atoms. The number of alkyl halides is 9. The fourth-order valence-electron chi connectivity index (χ4n) is 4.45. The van der Waals surface area contributed by atoms with Gasteiger partial charge in [0.1, 0.15) is 11.4 Å². The van der Waals surface area contributed by atoms with Crippen molar-refractivity contribution in [3.63, 3.8) is 0 Å². The summed E-state index contributed by atoms with van der Waals surface area (Å²) in [6.45, 7) is 0.687. The molecular formula is C25H22F9N5O4. The van der Waals surface area contributed by atoms with Crippen LogP contribution < -0.4 is 10.5 Å². The number of aromatic nitrogens is 3. The van der Waals surface area contributed by atoms with Gasteiger partial charge in [-0.2, -0.15) is 26.3 Å². The predicted octanol–water partition coefficient (Wildman–Crippen LogP) is 5.91. The average molecular weight is 627 g/mol. The summed E-state index contributed by atoms with van der Waals surface area (Å²) in [5, 5.41) is 17.1. The third-order valence-electron chi connectivity index (χ3n) is 6.67. The molecule has 1 aliphatic rings. The number of hydrogen-bond acceptors (Lipinski definition) is 8. The van der Waals surface area contributed by atoms with Gasteiger partial charge in [-0.1, -0.05) is 12.5 Å². The number of nitrogen functional groups attached to an aromatic ring is 1. The Kier molecular flexibility index (Phi) is 8.29. The third-order valence-corrected chi connectivity index (χ3v) is 6.67. The highest BCUT2D eigenvalue weighted by atomic mass is 19.4. The Balaban J connectivity index is 1.82. The van der Waals surface area contributed by atoms with E-state index in [2.05, 4.69) is 19.9 Å². The summed E-state index contributed by atoms with van der Waals surface area (Å²) in [6, 6.07) is 3.50. The Morgan fingerprint density at radius 2 is 1.72 bits per heavy atom. The number of ether oxygens (including phenoxy) is 1. The van der Waals surface area contributed by atoms with Crippen molar-refractivity contribution in [2.24, 2.45) is 0 Å². The lowest BCUT2D eigenvalue weighted by atomic mass is 9.95. The fraction of sp³-hybridized carbons (Fsp3) is 0.440. The molecule has 4 rings (SSSR count). The van der Waals surface area contributed by atoms with Crippen molar-refractivity contribution in [1.82, 2.24) is 20.1 Å². The van der Waals surface area contributed by atoms with Crippen molar-refractivity contribution in [3.05, 3.63) is 52.5 Å². The molecule has 3 aromatic rings. The molecule has 3 N–H and O–H groups in total. The number of benzene rings is 1. The predicted molar refractivity (Wildman–Crippen MR) is 128 cm³/mol. The first-order valence-electron chi connectivity index (χ1n) is 12.5. The molecule has 0 radical (unpaired) electrons. The number of pyridine rings is 1. The van der Waals surface area contributed by atoms with Crippen molar-refractivity contribution in [2.75, 3.05) is 12.3 Å². The van der Waals surface area contributed by atoms with E-state index in [1.54, 1.807) is 0 Å². The summed E-state index contributed by atoms with van der Waals surface area (Å²) < 4.78 is 130. The van der Waals surface area contributed by atoms with Gasteiger partial charge in [0.05, 0.1) is 11.3 Å². The Labute approximate surface area is 236 Å². The first-order chi connectivity index (χ1) is 19.8. The van der Waals surface area contributed by atoms with Crippen LogP contribution in [0.4, 0.5) is 45.2 Å². The van der Waals surface area contributed by atoms with E-state index in [1.165, 1.54) is 13.0 Å². The molecule has 43 heavy (non-hydrogen) atoms. The van der Waals surface area contributed by atoms with E-state index in [4.69, 9.17) is 10.2 Å². The van der Waals surface area contributed by atoms with Crippen molar-refractivity contribution in [2.45, 2.75) is 63.5 Å². The fourth-order valence-corrected chi connectivity index (χ4v) is 4.45. The smallest absolute Gasteiger partial charge is 0.416 e. The maximum absolute atomic E-state index is 14.0. The zero-order valence-corrected chi connectivity index (χ0v) is 22.0. The molecule has 1 atom stereocenters. The van der Waals surface area contributed by atoms with E-state index in [-0.39, 0.29) is 36.9 Å². The van der Waals surface area contributed by atoms with E-state index in [0.717, 1.165) is 17.0 Å². The second-order valence-corrected chi connectivity index (χ2v) is 9.76. The van der Waals surface area contributed by atoms with Gasteiger partial charge in [-0.3, -0.25) is 4.79 Å².